The largest absolute Gasteiger partial charge is 0.325 e. The lowest BCUT2D eigenvalue weighted by atomic mass is 10.1. The zero-order valence-electron chi connectivity index (χ0n) is 10.7. The van der Waals surface area contributed by atoms with Crippen LogP contribution in [-0.4, -0.2) is 24.0 Å². The van der Waals surface area contributed by atoms with Crippen LogP contribution in [0.1, 0.15) is 25.0 Å². The Morgan fingerprint density at radius 3 is 2.65 bits per heavy atom. The lowest BCUT2D eigenvalue weighted by Crippen LogP contribution is -2.37. The summed E-state index contributed by atoms with van der Waals surface area (Å²) in [6, 6.07) is 8.07. The average Bonchev–Trinajstić information content (AvgIpc) is 2.30. The van der Waals surface area contributed by atoms with Crippen molar-refractivity contribution in [3.8, 4) is 0 Å². The lowest BCUT2D eigenvalue weighted by molar-refractivity contribution is 0.207. The molecular formula is C14H20N2O. The van der Waals surface area contributed by atoms with E-state index in [-0.39, 0.29) is 6.03 Å². The fourth-order valence-electron chi connectivity index (χ4n) is 1.59. The number of benzene rings is 1. The molecule has 0 unspecified atom stereocenters. The average molecular weight is 232 g/mol. The molecule has 0 saturated heterocycles. The summed E-state index contributed by atoms with van der Waals surface area (Å²) < 4.78 is 0. The third-order valence-corrected chi connectivity index (χ3v) is 2.58. The maximum Gasteiger partial charge on any atom is 0.321 e. The Hall–Kier alpha value is -1.77. The van der Waals surface area contributed by atoms with Crippen molar-refractivity contribution >= 4 is 12.1 Å². The van der Waals surface area contributed by atoms with Gasteiger partial charge in [0.2, 0.25) is 0 Å². The van der Waals surface area contributed by atoms with Gasteiger partial charge in [-0.15, -0.1) is 0 Å². The molecule has 0 heterocycles. The van der Waals surface area contributed by atoms with Gasteiger partial charge in [0, 0.05) is 19.3 Å². The fourth-order valence-corrected chi connectivity index (χ4v) is 1.59. The number of carbonyl (C=O) groups excluding carboxylic acids is 1. The molecule has 0 aromatic heterocycles. The molecule has 0 radical (unpaired) electrons. The summed E-state index contributed by atoms with van der Waals surface area (Å²) in [5.74, 6) is 0. The van der Waals surface area contributed by atoms with E-state index in [1.807, 2.05) is 45.0 Å². The summed E-state index contributed by atoms with van der Waals surface area (Å²) >= 11 is 0. The molecule has 0 aliphatic carbocycles. The van der Waals surface area contributed by atoms with E-state index in [0.29, 0.717) is 0 Å². The van der Waals surface area contributed by atoms with E-state index in [9.17, 15) is 4.79 Å². The smallest absolute Gasteiger partial charge is 0.321 e. The van der Waals surface area contributed by atoms with Crippen LogP contribution in [-0.2, 0) is 0 Å². The van der Waals surface area contributed by atoms with Crippen molar-refractivity contribution in [3.05, 3.63) is 41.6 Å². The van der Waals surface area contributed by atoms with Crippen LogP contribution in [0.15, 0.2) is 30.5 Å². The molecule has 1 N–H and O–H groups in total. The van der Waals surface area contributed by atoms with Gasteiger partial charge < -0.3 is 10.2 Å². The molecule has 92 valence electrons. The first-order valence-corrected chi connectivity index (χ1v) is 5.96. The van der Waals surface area contributed by atoms with Crippen molar-refractivity contribution in [3.63, 3.8) is 0 Å². The van der Waals surface area contributed by atoms with Gasteiger partial charge in [0.25, 0.3) is 0 Å². The second-order valence-electron chi connectivity index (χ2n) is 3.87. The van der Waals surface area contributed by atoms with E-state index in [4.69, 9.17) is 0 Å². The van der Waals surface area contributed by atoms with Crippen LogP contribution in [0, 0.1) is 6.92 Å². The SMILES string of the molecule is CCN(CC)C(=O)N/C=C/c1cccc(C)c1. The quantitative estimate of drug-likeness (QED) is 0.850. The molecule has 0 aliphatic heterocycles. The van der Waals surface area contributed by atoms with E-state index in [1.165, 1.54) is 5.56 Å². The molecular weight excluding hydrogens is 212 g/mol. The summed E-state index contributed by atoms with van der Waals surface area (Å²) in [4.78, 5) is 13.4. The number of nitrogens with one attached hydrogen (secondary N) is 1. The molecule has 1 aromatic carbocycles. The standard InChI is InChI=1S/C14H20N2O/c1-4-16(5-2)14(17)15-10-9-13-8-6-7-12(3)11-13/h6-11H,4-5H2,1-3H3,(H,15,17)/b10-9+. The first-order valence-electron chi connectivity index (χ1n) is 5.96. The van der Waals surface area contributed by atoms with Gasteiger partial charge in [0.1, 0.15) is 0 Å². The van der Waals surface area contributed by atoms with Crippen molar-refractivity contribution in [1.82, 2.24) is 10.2 Å². The zero-order chi connectivity index (χ0) is 12.7. The highest BCUT2D eigenvalue weighted by molar-refractivity contribution is 5.76. The second-order valence-corrected chi connectivity index (χ2v) is 3.87. The van der Waals surface area contributed by atoms with Crippen LogP contribution in [0.5, 0.6) is 0 Å². The molecule has 1 rings (SSSR count). The third-order valence-electron chi connectivity index (χ3n) is 2.58. The molecule has 0 fully saturated rings. The minimum atomic E-state index is -0.0566. The van der Waals surface area contributed by atoms with Gasteiger partial charge in [-0.1, -0.05) is 29.8 Å². The number of hydrogen-bond acceptors (Lipinski definition) is 1. The maximum absolute atomic E-state index is 11.6. The van der Waals surface area contributed by atoms with Gasteiger partial charge in [0.05, 0.1) is 0 Å². The predicted molar refractivity (Wildman–Crippen MR) is 71.7 cm³/mol. The topological polar surface area (TPSA) is 32.3 Å². The Morgan fingerprint density at radius 1 is 1.35 bits per heavy atom. The summed E-state index contributed by atoms with van der Waals surface area (Å²) in [7, 11) is 0. The first-order chi connectivity index (χ1) is 8.17. The maximum atomic E-state index is 11.6. The van der Waals surface area contributed by atoms with Crippen LogP contribution < -0.4 is 5.32 Å². The molecule has 0 bridgehead atoms. The Morgan fingerprint density at radius 2 is 2.06 bits per heavy atom. The van der Waals surface area contributed by atoms with Gasteiger partial charge in [-0.25, -0.2) is 4.79 Å². The van der Waals surface area contributed by atoms with Crippen molar-refractivity contribution in [1.29, 1.82) is 0 Å². The molecule has 2 amide bonds. The van der Waals surface area contributed by atoms with Crippen LogP contribution in [0.4, 0.5) is 4.79 Å². The highest BCUT2D eigenvalue weighted by Crippen LogP contribution is 2.05. The van der Waals surface area contributed by atoms with Crippen LogP contribution in [0.2, 0.25) is 0 Å². The lowest BCUT2D eigenvalue weighted by Gasteiger charge is -2.17. The zero-order valence-corrected chi connectivity index (χ0v) is 10.7. The molecule has 0 spiro atoms. The van der Waals surface area contributed by atoms with E-state index >= 15 is 0 Å². The number of hydrogen-bond donors (Lipinski definition) is 1. The van der Waals surface area contributed by atoms with Gasteiger partial charge in [-0.3, -0.25) is 0 Å². The van der Waals surface area contributed by atoms with Crippen LogP contribution >= 0.6 is 0 Å². The Kier molecular flexibility index (Phi) is 5.27. The van der Waals surface area contributed by atoms with E-state index in [0.717, 1.165) is 18.7 Å². The second kappa shape index (κ2) is 6.74. The van der Waals surface area contributed by atoms with E-state index in [1.54, 1.807) is 11.1 Å². The number of urea groups is 1. The number of rotatable bonds is 4. The van der Waals surface area contributed by atoms with Gasteiger partial charge in [-0.2, -0.15) is 0 Å². The molecule has 0 atom stereocenters. The summed E-state index contributed by atoms with van der Waals surface area (Å²) in [5, 5.41) is 2.76. The molecule has 3 nitrogen and oxygen atoms in total. The molecule has 17 heavy (non-hydrogen) atoms. The Labute approximate surface area is 103 Å². The van der Waals surface area contributed by atoms with Crippen molar-refractivity contribution in [2.45, 2.75) is 20.8 Å². The molecule has 0 aliphatic rings. The Balaban J connectivity index is 2.53. The molecule has 3 heteroatoms. The van der Waals surface area contributed by atoms with Crippen LogP contribution in [0.3, 0.4) is 0 Å². The number of carbonyl (C=O) groups is 1. The van der Waals surface area contributed by atoms with Crippen molar-refractivity contribution < 1.29 is 4.79 Å². The number of nitrogens with zero attached hydrogens (tertiary/aromatic N) is 1. The van der Waals surface area contributed by atoms with Crippen LogP contribution in [0.25, 0.3) is 6.08 Å². The normalized spacial score (nSPS) is 10.5. The van der Waals surface area contributed by atoms with Crippen molar-refractivity contribution in [2.75, 3.05) is 13.1 Å². The fraction of sp³-hybridized carbons (Fsp3) is 0.357. The highest BCUT2D eigenvalue weighted by Gasteiger charge is 2.05. The van der Waals surface area contributed by atoms with Gasteiger partial charge in [-0.05, 0) is 32.4 Å². The summed E-state index contributed by atoms with van der Waals surface area (Å²) in [5.41, 5.74) is 2.30. The molecule has 0 saturated carbocycles. The van der Waals surface area contributed by atoms with Gasteiger partial charge >= 0.3 is 6.03 Å². The minimum Gasteiger partial charge on any atom is -0.325 e. The van der Waals surface area contributed by atoms with E-state index in [2.05, 4.69) is 11.4 Å². The third kappa shape index (κ3) is 4.31. The monoisotopic (exact) mass is 232 g/mol. The Bertz CT molecular complexity index is 395. The number of amides is 2. The van der Waals surface area contributed by atoms with Gasteiger partial charge in [0.15, 0.2) is 0 Å². The summed E-state index contributed by atoms with van der Waals surface area (Å²) in [6.07, 6.45) is 3.59. The summed E-state index contributed by atoms with van der Waals surface area (Å²) in [6.45, 7) is 7.42. The minimum absolute atomic E-state index is 0.0566. The molecule has 1 aromatic rings. The predicted octanol–water partition coefficient (Wildman–Crippen LogP) is 3.02. The first kappa shape index (κ1) is 13.3. The highest BCUT2D eigenvalue weighted by atomic mass is 16.2. The van der Waals surface area contributed by atoms with E-state index < -0.39 is 0 Å². The van der Waals surface area contributed by atoms with Crippen molar-refractivity contribution in [2.24, 2.45) is 0 Å². The number of aryl methyl sites for hydroxylation is 1.